The van der Waals surface area contributed by atoms with E-state index in [1.54, 1.807) is 30.6 Å². The van der Waals surface area contributed by atoms with Crippen molar-refractivity contribution in [1.29, 1.82) is 0 Å². The van der Waals surface area contributed by atoms with Gasteiger partial charge in [-0.1, -0.05) is 42.5 Å². The van der Waals surface area contributed by atoms with E-state index in [-0.39, 0.29) is 24.0 Å². The SMILES string of the molecule is Cc1ccc(C(=O)NCCc2ccccc2)cc1-c1nc(NCc2ncc[nH]2)nc2c1ccc(=O)n2-c1c(F)cccc1F. The van der Waals surface area contributed by atoms with Crippen LogP contribution in [-0.4, -0.2) is 37.0 Å². The second kappa shape index (κ2) is 12.3. The number of nitrogens with zero attached hydrogens (tertiary/aromatic N) is 4. The number of pyridine rings is 1. The van der Waals surface area contributed by atoms with Crippen molar-refractivity contribution in [3.8, 4) is 16.9 Å². The molecule has 3 aromatic heterocycles. The molecule has 220 valence electrons. The summed E-state index contributed by atoms with van der Waals surface area (Å²) in [6.45, 7) is 2.53. The third kappa shape index (κ3) is 5.80. The number of benzene rings is 3. The number of hydrogen-bond donors (Lipinski definition) is 3. The van der Waals surface area contributed by atoms with Crippen LogP contribution >= 0.6 is 0 Å². The monoisotopic (exact) mass is 591 g/mol. The first kappa shape index (κ1) is 28.4. The van der Waals surface area contributed by atoms with Gasteiger partial charge in [0.1, 0.15) is 23.1 Å². The molecule has 6 rings (SSSR count). The Hall–Kier alpha value is -5.71. The highest BCUT2D eigenvalue weighted by molar-refractivity contribution is 5.98. The Morgan fingerprint density at radius 3 is 2.50 bits per heavy atom. The first-order valence-electron chi connectivity index (χ1n) is 13.9. The van der Waals surface area contributed by atoms with Crippen molar-refractivity contribution in [2.45, 2.75) is 19.9 Å². The molecule has 0 atom stereocenters. The number of aryl methyl sites for hydroxylation is 1. The molecule has 44 heavy (non-hydrogen) atoms. The molecule has 9 nitrogen and oxygen atoms in total. The predicted octanol–water partition coefficient (Wildman–Crippen LogP) is 5.34. The predicted molar refractivity (Wildman–Crippen MR) is 164 cm³/mol. The van der Waals surface area contributed by atoms with Gasteiger partial charge >= 0.3 is 0 Å². The molecule has 0 unspecified atom stereocenters. The van der Waals surface area contributed by atoms with E-state index in [2.05, 4.69) is 25.6 Å². The number of hydrogen-bond acceptors (Lipinski definition) is 6. The zero-order valence-corrected chi connectivity index (χ0v) is 23.6. The van der Waals surface area contributed by atoms with E-state index in [4.69, 9.17) is 4.98 Å². The van der Waals surface area contributed by atoms with Crippen LogP contribution in [0.1, 0.15) is 27.3 Å². The van der Waals surface area contributed by atoms with Crippen LogP contribution in [0.15, 0.2) is 96.1 Å². The fraction of sp³-hybridized carbons (Fsp3) is 0.121. The van der Waals surface area contributed by atoms with Gasteiger partial charge in [0.2, 0.25) is 5.95 Å². The highest BCUT2D eigenvalue weighted by atomic mass is 19.1. The number of H-pyrrole nitrogens is 1. The van der Waals surface area contributed by atoms with Crippen LogP contribution in [0.25, 0.3) is 28.0 Å². The molecule has 0 aliphatic heterocycles. The standard InChI is InChI=1S/C33H27F2N7O2/c1-20-10-11-22(32(44)38-15-14-21-6-3-2-4-7-21)18-24(20)29-23-12-13-28(43)42(30-25(34)8-5-9-26(30)35)31(23)41-33(40-29)39-19-27-36-16-17-37-27/h2-13,16-18H,14-15,19H2,1H3,(H,36,37)(H,38,44)(H,39,40,41). The van der Waals surface area contributed by atoms with Crippen molar-refractivity contribution in [1.82, 2.24) is 29.8 Å². The van der Waals surface area contributed by atoms with Crippen molar-refractivity contribution >= 4 is 22.9 Å². The summed E-state index contributed by atoms with van der Waals surface area (Å²) < 4.78 is 30.9. The van der Waals surface area contributed by atoms with Crippen molar-refractivity contribution < 1.29 is 13.6 Å². The summed E-state index contributed by atoms with van der Waals surface area (Å²) in [5.41, 5.74) is 2.04. The van der Waals surface area contributed by atoms with Crippen LogP contribution in [0, 0.1) is 18.6 Å². The lowest BCUT2D eigenvalue weighted by Gasteiger charge is -2.16. The number of carbonyl (C=O) groups is 1. The number of aromatic nitrogens is 5. The van der Waals surface area contributed by atoms with E-state index in [0.29, 0.717) is 41.0 Å². The molecule has 0 fully saturated rings. The number of para-hydroxylation sites is 1. The number of anilines is 1. The van der Waals surface area contributed by atoms with E-state index >= 15 is 8.78 Å². The number of imidazole rings is 1. The maximum Gasteiger partial charge on any atom is 0.256 e. The Bertz CT molecular complexity index is 2010. The molecule has 3 N–H and O–H groups in total. The number of nitrogens with one attached hydrogen (secondary N) is 3. The van der Waals surface area contributed by atoms with Crippen LogP contribution in [0.5, 0.6) is 0 Å². The van der Waals surface area contributed by atoms with Crippen LogP contribution in [0.2, 0.25) is 0 Å². The molecule has 0 aliphatic rings. The van der Waals surface area contributed by atoms with Gasteiger partial charge in [0.25, 0.3) is 11.5 Å². The fourth-order valence-electron chi connectivity index (χ4n) is 4.96. The van der Waals surface area contributed by atoms with Crippen LogP contribution in [0.3, 0.4) is 0 Å². The lowest BCUT2D eigenvalue weighted by atomic mass is 9.99. The highest BCUT2D eigenvalue weighted by Crippen LogP contribution is 2.31. The van der Waals surface area contributed by atoms with Gasteiger partial charge in [0, 0.05) is 41.5 Å². The quantitative estimate of drug-likeness (QED) is 0.209. The van der Waals surface area contributed by atoms with Gasteiger partial charge in [-0.05, 0) is 54.8 Å². The molecule has 0 bridgehead atoms. The summed E-state index contributed by atoms with van der Waals surface area (Å²) in [5, 5.41) is 6.40. The maximum absolute atomic E-state index is 15.0. The average molecular weight is 592 g/mol. The third-order valence-electron chi connectivity index (χ3n) is 7.18. The summed E-state index contributed by atoms with van der Waals surface area (Å²) in [6.07, 6.45) is 3.95. The summed E-state index contributed by atoms with van der Waals surface area (Å²) in [7, 11) is 0. The first-order chi connectivity index (χ1) is 21.4. The molecule has 0 spiro atoms. The minimum Gasteiger partial charge on any atom is -0.352 e. The molecule has 0 saturated heterocycles. The van der Waals surface area contributed by atoms with Gasteiger partial charge in [-0.25, -0.2) is 18.7 Å². The highest BCUT2D eigenvalue weighted by Gasteiger charge is 2.21. The smallest absolute Gasteiger partial charge is 0.256 e. The minimum absolute atomic E-state index is 0.00874. The fourth-order valence-corrected chi connectivity index (χ4v) is 4.96. The molecule has 0 saturated carbocycles. The van der Waals surface area contributed by atoms with Crippen molar-refractivity contribution in [2.24, 2.45) is 0 Å². The van der Waals surface area contributed by atoms with Crippen LogP contribution in [-0.2, 0) is 13.0 Å². The maximum atomic E-state index is 15.0. The number of halogens is 2. The van der Waals surface area contributed by atoms with E-state index in [0.717, 1.165) is 27.8 Å². The second-order valence-corrected chi connectivity index (χ2v) is 10.1. The van der Waals surface area contributed by atoms with E-state index in [1.807, 2.05) is 37.3 Å². The minimum atomic E-state index is -0.921. The van der Waals surface area contributed by atoms with Gasteiger partial charge in [-0.2, -0.15) is 4.98 Å². The molecule has 11 heteroatoms. The van der Waals surface area contributed by atoms with Crippen molar-refractivity contribution in [2.75, 3.05) is 11.9 Å². The number of aromatic amines is 1. The Morgan fingerprint density at radius 2 is 1.75 bits per heavy atom. The van der Waals surface area contributed by atoms with E-state index in [1.165, 1.54) is 18.2 Å². The summed E-state index contributed by atoms with van der Waals surface area (Å²) in [6, 6.07) is 21.2. The molecular weight excluding hydrogens is 564 g/mol. The van der Waals surface area contributed by atoms with Crippen molar-refractivity contribution in [3.63, 3.8) is 0 Å². The molecule has 6 aromatic rings. The normalized spacial score (nSPS) is 11.1. The number of amides is 1. The number of rotatable bonds is 9. The number of carbonyl (C=O) groups excluding carboxylic acids is 1. The molecule has 0 radical (unpaired) electrons. The lowest BCUT2D eigenvalue weighted by molar-refractivity contribution is 0.0954. The molecule has 3 aromatic carbocycles. The summed E-state index contributed by atoms with van der Waals surface area (Å²) in [5.74, 6) is -1.41. The topological polar surface area (TPSA) is 118 Å². The first-order valence-corrected chi connectivity index (χ1v) is 13.9. The van der Waals surface area contributed by atoms with Gasteiger partial charge in [-0.3, -0.25) is 14.2 Å². The van der Waals surface area contributed by atoms with Gasteiger partial charge in [0.05, 0.1) is 12.2 Å². The Kier molecular flexibility index (Phi) is 7.92. The third-order valence-corrected chi connectivity index (χ3v) is 7.18. The summed E-state index contributed by atoms with van der Waals surface area (Å²) >= 11 is 0. The lowest BCUT2D eigenvalue weighted by Crippen LogP contribution is -2.25. The Balaban J connectivity index is 1.45. The Morgan fingerprint density at radius 1 is 0.955 bits per heavy atom. The molecule has 1 amide bonds. The molecular formula is C33H27F2N7O2. The summed E-state index contributed by atoms with van der Waals surface area (Å²) in [4.78, 5) is 42.7. The number of fused-ring (bicyclic) bond motifs is 1. The average Bonchev–Trinajstić information content (AvgIpc) is 3.55. The van der Waals surface area contributed by atoms with Gasteiger partial charge in [0.15, 0.2) is 5.65 Å². The van der Waals surface area contributed by atoms with Crippen LogP contribution < -0.4 is 16.2 Å². The Labute approximate surface area is 250 Å². The van der Waals surface area contributed by atoms with Gasteiger partial charge in [-0.15, -0.1) is 0 Å². The van der Waals surface area contributed by atoms with Crippen molar-refractivity contribution in [3.05, 3.63) is 136 Å². The zero-order valence-electron chi connectivity index (χ0n) is 23.6. The molecule has 0 aliphatic carbocycles. The van der Waals surface area contributed by atoms with E-state index in [9.17, 15) is 9.59 Å². The molecule has 3 heterocycles. The van der Waals surface area contributed by atoms with Gasteiger partial charge < -0.3 is 15.6 Å². The second-order valence-electron chi connectivity index (χ2n) is 10.1. The largest absolute Gasteiger partial charge is 0.352 e. The van der Waals surface area contributed by atoms with Crippen LogP contribution in [0.4, 0.5) is 14.7 Å². The zero-order chi connectivity index (χ0) is 30.6. The van der Waals surface area contributed by atoms with E-state index < -0.39 is 22.9 Å².